The molecule has 2 atom stereocenters. The van der Waals surface area contributed by atoms with Gasteiger partial charge in [-0.3, -0.25) is 0 Å². The van der Waals surface area contributed by atoms with Crippen LogP contribution in [0.1, 0.15) is 18.1 Å². The maximum atomic E-state index is 9.95. The van der Waals surface area contributed by atoms with Crippen molar-refractivity contribution in [2.75, 3.05) is 5.33 Å². The highest BCUT2D eigenvalue weighted by atomic mass is 79.9. The van der Waals surface area contributed by atoms with Crippen LogP contribution >= 0.6 is 15.9 Å². The van der Waals surface area contributed by atoms with Gasteiger partial charge in [-0.25, -0.2) is 4.98 Å². The number of benzene rings is 1. The Hall–Kier alpha value is -1.17. The highest BCUT2D eigenvalue weighted by Crippen LogP contribution is 2.23. The van der Waals surface area contributed by atoms with E-state index in [1.54, 1.807) is 12.5 Å². The largest absolute Gasteiger partial charge is 0.390 e. The molecule has 96 valence electrons. The second-order valence-electron chi connectivity index (χ2n) is 4.08. The number of halogens is 1. The molecule has 0 saturated heterocycles. The molecule has 0 fully saturated rings. The van der Waals surface area contributed by atoms with Crippen LogP contribution in [0.25, 0.3) is 11.3 Å². The molecule has 4 nitrogen and oxygen atoms in total. The van der Waals surface area contributed by atoms with Gasteiger partial charge in [0.2, 0.25) is 0 Å². The van der Waals surface area contributed by atoms with E-state index in [9.17, 15) is 10.2 Å². The highest BCUT2D eigenvalue weighted by Gasteiger charge is 2.17. The molecule has 1 aromatic heterocycles. The Labute approximate surface area is 114 Å². The van der Waals surface area contributed by atoms with Crippen molar-refractivity contribution in [3.63, 3.8) is 0 Å². The van der Waals surface area contributed by atoms with Gasteiger partial charge in [-0.2, -0.15) is 0 Å². The Bertz CT molecular complexity index is 470. The lowest BCUT2D eigenvalue weighted by atomic mass is 10.0. The van der Waals surface area contributed by atoms with Gasteiger partial charge in [0.1, 0.15) is 6.10 Å². The van der Waals surface area contributed by atoms with Crippen LogP contribution < -0.4 is 0 Å². The van der Waals surface area contributed by atoms with Crippen molar-refractivity contribution in [1.82, 2.24) is 9.97 Å². The first-order valence-corrected chi connectivity index (χ1v) is 6.85. The number of aliphatic hydroxyl groups is 2. The second kappa shape index (κ2) is 6.13. The standard InChI is InChI=1S/C13H15BrN2O2/c14-6-5-12(17)13(18)10-3-1-9(2-4-10)11-7-15-8-16-11/h1-4,7-8,12-13,17-18H,5-6H2,(H,15,16). The fourth-order valence-corrected chi connectivity index (χ4v) is 2.23. The number of imidazole rings is 1. The summed E-state index contributed by atoms with van der Waals surface area (Å²) in [5.74, 6) is 0. The number of hydrogen-bond acceptors (Lipinski definition) is 3. The molecule has 0 spiro atoms. The zero-order valence-corrected chi connectivity index (χ0v) is 11.3. The number of rotatable bonds is 5. The third-order valence-electron chi connectivity index (χ3n) is 2.83. The van der Waals surface area contributed by atoms with Crippen LogP contribution in [0.4, 0.5) is 0 Å². The molecule has 0 aliphatic carbocycles. The fourth-order valence-electron chi connectivity index (χ4n) is 1.77. The Balaban J connectivity index is 2.12. The van der Waals surface area contributed by atoms with Crippen LogP contribution in [0.5, 0.6) is 0 Å². The number of H-pyrrole nitrogens is 1. The molecule has 0 aliphatic rings. The van der Waals surface area contributed by atoms with Crippen molar-refractivity contribution >= 4 is 15.9 Å². The fraction of sp³-hybridized carbons (Fsp3) is 0.308. The number of aromatic amines is 1. The summed E-state index contributed by atoms with van der Waals surface area (Å²) in [6, 6.07) is 7.43. The van der Waals surface area contributed by atoms with Gasteiger partial charge in [-0.05, 0) is 17.5 Å². The molecule has 0 radical (unpaired) electrons. The molecule has 0 amide bonds. The van der Waals surface area contributed by atoms with Crippen LogP contribution in [0.3, 0.4) is 0 Å². The van der Waals surface area contributed by atoms with Gasteiger partial charge in [-0.1, -0.05) is 40.2 Å². The summed E-state index contributed by atoms with van der Waals surface area (Å²) in [5, 5.41) is 20.3. The van der Waals surface area contributed by atoms with Crippen molar-refractivity contribution in [2.45, 2.75) is 18.6 Å². The van der Waals surface area contributed by atoms with Gasteiger partial charge in [0, 0.05) is 5.33 Å². The Kier molecular flexibility index (Phi) is 4.52. The van der Waals surface area contributed by atoms with Crippen LogP contribution in [-0.4, -0.2) is 31.6 Å². The van der Waals surface area contributed by atoms with Crippen LogP contribution in [-0.2, 0) is 0 Å². The molecule has 0 saturated carbocycles. The zero-order valence-electron chi connectivity index (χ0n) is 9.75. The molecule has 5 heteroatoms. The highest BCUT2D eigenvalue weighted by molar-refractivity contribution is 9.09. The van der Waals surface area contributed by atoms with Gasteiger partial charge < -0.3 is 15.2 Å². The van der Waals surface area contributed by atoms with Crippen LogP contribution in [0.2, 0.25) is 0 Å². The first-order valence-electron chi connectivity index (χ1n) is 5.73. The van der Waals surface area contributed by atoms with E-state index in [-0.39, 0.29) is 0 Å². The predicted octanol–water partition coefficient (Wildman–Crippen LogP) is 2.26. The average Bonchev–Trinajstić information content (AvgIpc) is 2.92. The van der Waals surface area contributed by atoms with Gasteiger partial charge in [0.05, 0.1) is 24.3 Å². The van der Waals surface area contributed by atoms with Crippen LogP contribution in [0, 0.1) is 0 Å². The van der Waals surface area contributed by atoms with Gasteiger partial charge in [0.25, 0.3) is 0 Å². The number of alkyl halides is 1. The van der Waals surface area contributed by atoms with E-state index in [4.69, 9.17) is 0 Å². The molecule has 0 bridgehead atoms. The number of hydrogen-bond donors (Lipinski definition) is 3. The quantitative estimate of drug-likeness (QED) is 0.742. The molecule has 1 aromatic carbocycles. The van der Waals surface area contributed by atoms with Gasteiger partial charge in [-0.15, -0.1) is 0 Å². The molecular formula is C13H15BrN2O2. The lowest BCUT2D eigenvalue weighted by Crippen LogP contribution is -2.18. The molecule has 1 heterocycles. The monoisotopic (exact) mass is 310 g/mol. The second-order valence-corrected chi connectivity index (χ2v) is 4.87. The molecule has 18 heavy (non-hydrogen) atoms. The summed E-state index contributed by atoms with van der Waals surface area (Å²) in [6.45, 7) is 0. The van der Waals surface area contributed by atoms with Gasteiger partial charge >= 0.3 is 0 Å². The maximum absolute atomic E-state index is 9.95. The number of aliphatic hydroxyl groups excluding tert-OH is 2. The Morgan fingerprint density at radius 2 is 1.94 bits per heavy atom. The summed E-state index contributed by atoms with van der Waals surface area (Å²) >= 11 is 3.25. The van der Waals surface area contributed by atoms with E-state index in [1.165, 1.54) is 0 Å². The normalized spacial score (nSPS) is 14.4. The first-order chi connectivity index (χ1) is 8.72. The van der Waals surface area contributed by atoms with E-state index in [0.29, 0.717) is 17.3 Å². The van der Waals surface area contributed by atoms with E-state index in [1.807, 2.05) is 24.3 Å². The maximum Gasteiger partial charge on any atom is 0.105 e. The summed E-state index contributed by atoms with van der Waals surface area (Å²) in [7, 11) is 0. The topological polar surface area (TPSA) is 69.1 Å². The lowest BCUT2D eigenvalue weighted by molar-refractivity contribution is 0.0174. The summed E-state index contributed by atoms with van der Waals surface area (Å²) in [6.07, 6.45) is 2.28. The Morgan fingerprint density at radius 1 is 1.22 bits per heavy atom. The summed E-state index contributed by atoms with van der Waals surface area (Å²) in [5.41, 5.74) is 2.64. The summed E-state index contributed by atoms with van der Waals surface area (Å²) in [4.78, 5) is 6.97. The smallest absolute Gasteiger partial charge is 0.105 e. The zero-order chi connectivity index (χ0) is 13.0. The van der Waals surface area contributed by atoms with Crippen molar-refractivity contribution in [3.8, 4) is 11.3 Å². The molecule has 3 N–H and O–H groups in total. The predicted molar refractivity (Wildman–Crippen MR) is 73.4 cm³/mol. The van der Waals surface area contributed by atoms with Crippen molar-refractivity contribution in [2.24, 2.45) is 0 Å². The first kappa shape index (κ1) is 13.3. The summed E-state index contributed by atoms with van der Waals surface area (Å²) < 4.78 is 0. The third kappa shape index (κ3) is 2.98. The number of nitrogens with one attached hydrogen (secondary N) is 1. The molecular weight excluding hydrogens is 296 g/mol. The minimum absolute atomic E-state index is 0.517. The average molecular weight is 311 g/mol. The van der Waals surface area contributed by atoms with Gasteiger partial charge in [0.15, 0.2) is 0 Å². The van der Waals surface area contributed by atoms with E-state index in [0.717, 1.165) is 11.3 Å². The minimum Gasteiger partial charge on any atom is -0.390 e. The molecule has 2 rings (SSSR count). The van der Waals surface area contributed by atoms with Crippen molar-refractivity contribution in [1.29, 1.82) is 0 Å². The lowest BCUT2D eigenvalue weighted by Gasteiger charge is -2.17. The third-order valence-corrected chi connectivity index (χ3v) is 3.29. The van der Waals surface area contributed by atoms with Crippen molar-refractivity contribution in [3.05, 3.63) is 42.4 Å². The minimum atomic E-state index is -0.849. The van der Waals surface area contributed by atoms with Crippen molar-refractivity contribution < 1.29 is 10.2 Å². The Morgan fingerprint density at radius 3 is 2.50 bits per heavy atom. The molecule has 2 unspecified atom stereocenters. The molecule has 0 aliphatic heterocycles. The SMILES string of the molecule is OC(CCBr)C(O)c1ccc(-c2cnc[nH]2)cc1. The number of aromatic nitrogens is 2. The van der Waals surface area contributed by atoms with E-state index in [2.05, 4.69) is 25.9 Å². The van der Waals surface area contributed by atoms with E-state index >= 15 is 0 Å². The van der Waals surface area contributed by atoms with Crippen LogP contribution in [0.15, 0.2) is 36.8 Å². The van der Waals surface area contributed by atoms with E-state index < -0.39 is 12.2 Å². The number of nitrogens with zero attached hydrogens (tertiary/aromatic N) is 1. The molecule has 2 aromatic rings.